The lowest BCUT2D eigenvalue weighted by atomic mass is 10.2. The number of anilines is 1. The molecule has 0 saturated carbocycles. The van der Waals surface area contributed by atoms with Crippen LogP contribution in [0.5, 0.6) is 0 Å². The first kappa shape index (κ1) is 15.1. The number of para-hydroxylation sites is 1. The number of rotatable bonds is 5. The number of nitro benzene ring substituents is 1. The van der Waals surface area contributed by atoms with E-state index in [4.69, 9.17) is 0 Å². The third-order valence-electron chi connectivity index (χ3n) is 2.75. The summed E-state index contributed by atoms with van der Waals surface area (Å²) in [7, 11) is 0. The summed E-state index contributed by atoms with van der Waals surface area (Å²) < 4.78 is 0. The van der Waals surface area contributed by atoms with E-state index >= 15 is 0 Å². The van der Waals surface area contributed by atoms with E-state index in [2.05, 4.69) is 5.32 Å². The van der Waals surface area contributed by atoms with Crippen LogP contribution in [0.2, 0.25) is 0 Å². The first-order valence-electron chi connectivity index (χ1n) is 6.39. The molecule has 0 unspecified atom stereocenters. The summed E-state index contributed by atoms with van der Waals surface area (Å²) in [6, 6.07) is 13.4. The summed E-state index contributed by atoms with van der Waals surface area (Å²) in [5.41, 5.74) is 1.12. The van der Waals surface area contributed by atoms with Crippen molar-refractivity contribution in [3.63, 3.8) is 0 Å². The van der Waals surface area contributed by atoms with Gasteiger partial charge in [-0.2, -0.15) is 0 Å². The summed E-state index contributed by atoms with van der Waals surface area (Å²) in [6.07, 6.45) is 0. The van der Waals surface area contributed by atoms with Gasteiger partial charge in [-0.3, -0.25) is 14.9 Å². The van der Waals surface area contributed by atoms with Crippen molar-refractivity contribution in [1.82, 2.24) is 0 Å². The number of non-ortho nitro benzene ring substituents is 1. The maximum atomic E-state index is 12.3. The van der Waals surface area contributed by atoms with Gasteiger partial charge in [-0.15, -0.1) is 11.8 Å². The van der Waals surface area contributed by atoms with E-state index in [0.717, 1.165) is 5.75 Å². The van der Waals surface area contributed by atoms with Gasteiger partial charge in [0, 0.05) is 22.7 Å². The van der Waals surface area contributed by atoms with Crippen molar-refractivity contribution in [3.8, 4) is 0 Å². The molecule has 0 bridgehead atoms. The summed E-state index contributed by atoms with van der Waals surface area (Å²) in [5, 5.41) is 13.6. The van der Waals surface area contributed by atoms with Crippen LogP contribution < -0.4 is 5.32 Å². The lowest BCUT2D eigenvalue weighted by Gasteiger charge is -2.09. The molecule has 2 rings (SSSR count). The van der Waals surface area contributed by atoms with Gasteiger partial charge in [-0.05, 0) is 24.0 Å². The van der Waals surface area contributed by atoms with Crippen molar-refractivity contribution >= 4 is 29.0 Å². The van der Waals surface area contributed by atoms with Gasteiger partial charge in [0.05, 0.1) is 10.5 Å². The Balaban J connectivity index is 2.29. The smallest absolute Gasteiger partial charge is 0.270 e. The van der Waals surface area contributed by atoms with Crippen molar-refractivity contribution in [2.75, 3.05) is 11.1 Å². The molecule has 0 spiro atoms. The van der Waals surface area contributed by atoms with Crippen LogP contribution in [0, 0.1) is 10.1 Å². The lowest BCUT2D eigenvalue weighted by Crippen LogP contribution is -2.13. The monoisotopic (exact) mass is 302 g/mol. The SMILES string of the molecule is CCSc1cc([N+](=O)[O-])ccc1C(=O)Nc1ccccc1. The zero-order valence-corrected chi connectivity index (χ0v) is 12.2. The molecular weight excluding hydrogens is 288 g/mol. The fourth-order valence-electron chi connectivity index (χ4n) is 1.81. The van der Waals surface area contributed by atoms with Crippen LogP contribution in [0.25, 0.3) is 0 Å². The first-order chi connectivity index (χ1) is 10.1. The molecule has 0 atom stereocenters. The standard InChI is InChI=1S/C15H14N2O3S/c1-2-21-14-10-12(17(19)20)8-9-13(14)15(18)16-11-6-4-3-5-7-11/h3-10H,2H2,1H3,(H,16,18). The molecule has 0 heterocycles. The zero-order valence-electron chi connectivity index (χ0n) is 11.4. The van der Waals surface area contributed by atoms with Gasteiger partial charge in [-0.25, -0.2) is 0 Å². The first-order valence-corrected chi connectivity index (χ1v) is 7.38. The van der Waals surface area contributed by atoms with Crippen LogP contribution in [-0.2, 0) is 0 Å². The Kier molecular flexibility index (Phi) is 4.94. The van der Waals surface area contributed by atoms with E-state index in [9.17, 15) is 14.9 Å². The predicted molar refractivity (Wildman–Crippen MR) is 83.9 cm³/mol. The number of thioether (sulfide) groups is 1. The highest BCUT2D eigenvalue weighted by atomic mass is 32.2. The Morgan fingerprint density at radius 2 is 1.95 bits per heavy atom. The van der Waals surface area contributed by atoms with E-state index < -0.39 is 4.92 Å². The average Bonchev–Trinajstić information content (AvgIpc) is 2.48. The van der Waals surface area contributed by atoms with Crippen LogP contribution in [0.15, 0.2) is 53.4 Å². The third kappa shape index (κ3) is 3.82. The van der Waals surface area contributed by atoms with Crippen molar-refractivity contribution < 1.29 is 9.72 Å². The number of carbonyl (C=O) groups is 1. The lowest BCUT2D eigenvalue weighted by molar-refractivity contribution is -0.385. The third-order valence-corrected chi connectivity index (χ3v) is 3.69. The van der Waals surface area contributed by atoms with Gasteiger partial charge >= 0.3 is 0 Å². The molecular formula is C15H14N2O3S. The number of nitro groups is 1. The number of hydrogen-bond acceptors (Lipinski definition) is 4. The summed E-state index contributed by atoms with van der Waals surface area (Å²) in [5.74, 6) is 0.458. The maximum Gasteiger partial charge on any atom is 0.270 e. The normalized spacial score (nSPS) is 10.1. The van der Waals surface area contributed by atoms with Crippen LogP contribution in [0.4, 0.5) is 11.4 Å². The minimum atomic E-state index is -0.460. The molecule has 2 aromatic carbocycles. The quantitative estimate of drug-likeness (QED) is 0.515. The van der Waals surface area contributed by atoms with E-state index in [1.54, 1.807) is 12.1 Å². The van der Waals surface area contributed by atoms with Crippen molar-refractivity contribution in [1.29, 1.82) is 0 Å². The van der Waals surface area contributed by atoms with Gasteiger partial charge in [0.1, 0.15) is 0 Å². The zero-order chi connectivity index (χ0) is 15.2. The molecule has 0 fully saturated rings. The molecule has 0 radical (unpaired) electrons. The van der Waals surface area contributed by atoms with E-state index in [0.29, 0.717) is 16.1 Å². The Morgan fingerprint density at radius 3 is 2.57 bits per heavy atom. The topological polar surface area (TPSA) is 72.2 Å². The second-order valence-corrected chi connectivity index (χ2v) is 5.50. The van der Waals surface area contributed by atoms with Crippen LogP contribution >= 0.6 is 11.8 Å². The van der Waals surface area contributed by atoms with Gasteiger partial charge < -0.3 is 5.32 Å². The minimum absolute atomic E-state index is 0.0118. The van der Waals surface area contributed by atoms with Gasteiger partial charge in [-0.1, -0.05) is 25.1 Å². The molecule has 1 amide bonds. The van der Waals surface area contributed by atoms with Gasteiger partial charge in [0.25, 0.3) is 11.6 Å². The minimum Gasteiger partial charge on any atom is -0.322 e. The summed E-state index contributed by atoms with van der Waals surface area (Å²) >= 11 is 1.41. The maximum absolute atomic E-state index is 12.3. The Labute approximate surface area is 126 Å². The molecule has 0 aromatic heterocycles. The van der Waals surface area contributed by atoms with Crippen LogP contribution in [0.1, 0.15) is 17.3 Å². The van der Waals surface area contributed by atoms with Gasteiger partial charge in [0.15, 0.2) is 0 Å². The number of amides is 1. The molecule has 1 N–H and O–H groups in total. The van der Waals surface area contributed by atoms with Crippen molar-refractivity contribution in [2.45, 2.75) is 11.8 Å². The number of nitrogens with zero attached hydrogens (tertiary/aromatic N) is 1. The summed E-state index contributed by atoms with van der Waals surface area (Å²) in [4.78, 5) is 23.3. The molecule has 0 aliphatic carbocycles. The highest BCUT2D eigenvalue weighted by Gasteiger charge is 2.16. The van der Waals surface area contributed by atoms with Crippen LogP contribution in [-0.4, -0.2) is 16.6 Å². The van der Waals surface area contributed by atoms with E-state index in [-0.39, 0.29) is 11.6 Å². The number of nitrogens with one attached hydrogen (secondary N) is 1. The van der Waals surface area contributed by atoms with Gasteiger partial charge in [0.2, 0.25) is 0 Å². The second-order valence-electron chi connectivity index (χ2n) is 4.19. The molecule has 0 aliphatic heterocycles. The number of hydrogen-bond donors (Lipinski definition) is 1. The highest BCUT2D eigenvalue weighted by Crippen LogP contribution is 2.27. The Hall–Kier alpha value is -2.34. The fourth-order valence-corrected chi connectivity index (χ4v) is 2.64. The summed E-state index contributed by atoms with van der Waals surface area (Å²) in [6.45, 7) is 1.93. The molecule has 108 valence electrons. The van der Waals surface area contributed by atoms with E-state index in [1.165, 1.54) is 30.0 Å². The second kappa shape index (κ2) is 6.90. The van der Waals surface area contributed by atoms with Crippen LogP contribution in [0.3, 0.4) is 0 Å². The largest absolute Gasteiger partial charge is 0.322 e. The molecule has 5 nitrogen and oxygen atoms in total. The predicted octanol–water partition coefficient (Wildman–Crippen LogP) is 3.96. The number of benzene rings is 2. The number of carbonyl (C=O) groups excluding carboxylic acids is 1. The van der Waals surface area contributed by atoms with Crippen molar-refractivity contribution in [3.05, 3.63) is 64.2 Å². The fraction of sp³-hybridized carbons (Fsp3) is 0.133. The molecule has 0 aliphatic rings. The molecule has 0 saturated heterocycles. The van der Waals surface area contributed by atoms with Crippen molar-refractivity contribution in [2.24, 2.45) is 0 Å². The molecule has 6 heteroatoms. The average molecular weight is 302 g/mol. The Bertz CT molecular complexity index is 659. The molecule has 21 heavy (non-hydrogen) atoms. The Morgan fingerprint density at radius 1 is 1.24 bits per heavy atom. The molecule has 2 aromatic rings. The van der Waals surface area contributed by atoms with E-state index in [1.807, 2.05) is 25.1 Å². The highest BCUT2D eigenvalue weighted by molar-refractivity contribution is 7.99.